The Balaban J connectivity index is 1.59. The normalized spacial score (nSPS) is 22.8. The fourth-order valence-electron chi connectivity index (χ4n) is 3.26. The van der Waals surface area contributed by atoms with Crippen LogP contribution in [0.15, 0.2) is 28.8 Å². The fourth-order valence-corrected chi connectivity index (χ4v) is 3.26. The SMILES string of the molecule is CCOc1ccccc1C(=O)NC[C@H]1C[C@H](c2nc(C)no2)C[C@H]1O. The maximum absolute atomic E-state index is 12.4. The van der Waals surface area contributed by atoms with Crippen LogP contribution in [0, 0.1) is 12.8 Å². The molecule has 1 amide bonds. The number of hydrogen-bond acceptors (Lipinski definition) is 6. The van der Waals surface area contributed by atoms with Crippen molar-refractivity contribution in [1.29, 1.82) is 0 Å². The van der Waals surface area contributed by atoms with Gasteiger partial charge >= 0.3 is 0 Å². The number of aromatic nitrogens is 2. The zero-order chi connectivity index (χ0) is 17.8. The van der Waals surface area contributed by atoms with E-state index in [1.165, 1.54) is 0 Å². The second kappa shape index (κ2) is 7.65. The number of para-hydroxylation sites is 1. The lowest BCUT2D eigenvalue weighted by molar-refractivity contribution is 0.0913. The fraction of sp³-hybridized carbons (Fsp3) is 0.500. The summed E-state index contributed by atoms with van der Waals surface area (Å²) in [5.74, 6) is 1.51. The molecule has 0 aliphatic heterocycles. The topological polar surface area (TPSA) is 97.5 Å². The molecule has 1 aromatic carbocycles. The predicted molar refractivity (Wildman–Crippen MR) is 90.5 cm³/mol. The molecule has 7 heteroatoms. The molecule has 25 heavy (non-hydrogen) atoms. The van der Waals surface area contributed by atoms with E-state index in [2.05, 4.69) is 15.5 Å². The summed E-state index contributed by atoms with van der Waals surface area (Å²) in [4.78, 5) is 16.7. The lowest BCUT2D eigenvalue weighted by Crippen LogP contribution is -2.32. The maximum atomic E-state index is 12.4. The van der Waals surface area contributed by atoms with Crippen LogP contribution in [0.5, 0.6) is 5.75 Å². The van der Waals surface area contributed by atoms with E-state index in [1.807, 2.05) is 13.0 Å². The summed E-state index contributed by atoms with van der Waals surface area (Å²) in [5, 5.41) is 17.0. The molecule has 7 nitrogen and oxygen atoms in total. The van der Waals surface area contributed by atoms with Crippen LogP contribution in [0.1, 0.15) is 47.8 Å². The number of nitrogens with one attached hydrogen (secondary N) is 1. The number of benzene rings is 1. The molecule has 0 unspecified atom stereocenters. The Morgan fingerprint density at radius 1 is 1.40 bits per heavy atom. The highest BCUT2D eigenvalue weighted by Crippen LogP contribution is 2.37. The minimum atomic E-state index is -0.500. The van der Waals surface area contributed by atoms with Crippen LogP contribution in [0.25, 0.3) is 0 Å². The first kappa shape index (κ1) is 17.4. The number of amides is 1. The third kappa shape index (κ3) is 3.99. The number of ether oxygens (including phenoxy) is 1. The first-order chi connectivity index (χ1) is 12.1. The molecule has 1 heterocycles. The molecule has 0 radical (unpaired) electrons. The van der Waals surface area contributed by atoms with Gasteiger partial charge in [0.05, 0.1) is 18.3 Å². The average molecular weight is 345 g/mol. The van der Waals surface area contributed by atoms with Gasteiger partial charge in [-0.25, -0.2) is 0 Å². The van der Waals surface area contributed by atoms with E-state index < -0.39 is 6.10 Å². The Labute approximate surface area is 146 Å². The van der Waals surface area contributed by atoms with Crippen LogP contribution in [-0.2, 0) is 0 Å². The molecule has 1 aromatic heterocycles. The van der Waals surface area contributed by atoms with Gasteiger partial charge in [-0.05, 0) is 38.8 Å². The van der Waals surface area contributed by atoms with Crippen molar-refractivity contribution in [3.8, 4) is 5.75 Å². The van der Waals surface area contributed by atoms with Gasteiger partial charge in [-0.2, -0.15) is 4.98 Å². The molecule has 3 atom stereocenters. The third-order valence-electron chi connectivity index (χ3n) is 4.51. The van der Waals surface area contributed by atoms with Gasteiger partial charge in [0.25, 0.3) is 5.91 Å². The monoisotopic (exact) mass is 345 g/mol. The number of nitrogens with zero attached hydrogens (tertiary/aromatic N) is 2. The molecule has 1 fully saturated rings. The van der Waals surface area contributed by atoms with Crippen molar-refractivity contribution in [1.82, 2.24) is 15.5 Å². The highest BCUT2D eigenvalue weighted by atomic mass is 16.5. The van der Waals surface area contributed by atoms with E-state index in [0.29, 0.717) is 49.0 Å². The van der Waals surface area contributed by atoms with Gasteiger partial charge in [0.2, 0.25) is 5.89 Å². The molecular formula is C18H23N3O4. The van der Waals surface area contributed by atoms with E-state index >= 15 is 0 Å². The quantitative estimate of drug-likeness (QED) is 0.832. The van der Waals surface area contributed by atoms with Crippen LogP contribution in [0.2, 0.25) is 0 Å². The zero-order valence-corrected chi connectivity index (χ0v) is 14.4. The van der Waals surface area contributed by atoms with E-state index in [-0.39, 0.29) is 17.7 Å². The van der Waals surface area contributed by atoms with Crippen molar-refractivity contribution in [2.24, 2.45) is 5.92 Å². The van der Waals surface area contributed by atoms with Gasteiger partial charge < -0.3 is 19.7 Å². The Bertz CT molecular complexity index is 731. The lowest BCUT2D eigenvalue weighted by Gasteiger charge is -2.16. The minimum absolute atomic E-state index is 0.0359. The molecular weight excluding hydrogens is 322 g/mol. The summed E-state index contributed by atoms with van der Waals surface area (Å²) in [5.41, 5.74) is 0.501. The third-order valence-corrected chi connectivity index (χ3v) is 4.51. The van der Waals surface area contributed by atoms with Gasteiger partial charge in [0.15, 0.2) is 5.82 Å². The van der Waals surface area contributed by atoms with Crippen molar-refractivity contribution in [3.63, 3.8) is 0 Å². The van der Waals surface area contributed by atoms with Gasteiger partial charge in [-0.1, -0.05) is 17.3 Å². The van der Waals surface area contributed by atoms with Gasteiger partial charge in [0, 0.05) is 18.4 Å². The van der Waals surface area contributed by atoms with Crippen LogP contribution < -0.4 is 10.1 Å². The Hall–Kier alpha value is -2.41. The predicted octanol–water partition coefficient (Wildman–Crippen LogP) is 2.06. The number of carbonyl (C=O) groups excluding carboxylic acids is 1. The second-order valence-corrected chi connectivity index (χ2v) is 6.31. The number of aryl methyl sites for hydroxylation is 1. The molecule has 1 aliphatic carbocycles. The highest BCUT2D eigenvalue weighted by molar-refractivity contribution is 5.96. The number of aliphatic hydroxyl groups is 1. The zero-order valence-electron chi connectivity index (χ0n) is 14.4. The van der Waals surface area contributed by atoms with Crippen LogP contribution in [0.3, 0.4) is 0 Å². The summed E-state index contributed by atoms with van der Waals surface area (Å²) in [6.07, 6.45) is 0.771. The lowest BCUT2D eigenvalue weighted by atomic mass is 10.0. The molecule has 134 valence electrons. The van der Waals surface area contributed by atoms with E-state index in [1.54, 1.807) is 25.1 Å². The van der Waals surface area contributed by atoms with Crippen LogP contribution >= 0.6 is 0 Å². The molecule has 1 aliphatic rings. The molecule has 0 spiro atoms. The van der Waals surface area contributed by atoms with E-state index in [9.17, 15) is 9.90 Å². The van der Waals surface area contributed by atoms with Crippen molar-refractivity contribution in [2.45, 2.75) is 38.7 Å². The standard InChI is InChI=1S/C18H23N3O4/c1-3-24-16-7-5-4-6-14(16)17(23)19-10-13-8-12(9-15(13)22)18-20-11(2)21-25-18/h4-7,12-13,15,22H,3,8-10H2,1-2H3,(H,19,23)/t12-,13+,15+/m0/s1. The van der Waals surface area contributed by atoms with Crippen LogP contribution in [-0.4, -0.2) is 40.4 Å². The summed E-state index contributed by atoms with van der Waals surface area (Å²) < 4.78 is 10.7. The van der Waals surface area contributed by atoms with Crippen molar-refractivity contribution < 1.29 is 19.2 Å². The minimum Gasteiger partial charge on any atom is -0.493 e. The van der Waals surface area contributed by atoms with Crippen molar-refractivity contribution in [2.75, 3.05) is 13.2 Å². The van der Waals surface area contributed by atoms with Gasteiger partial charge in [-0.3, -0.25) is 4.79 Å². The first-order valence-corrected chi connectivity index (χ1v) is 8.56. The second-order valence-electron chi connectivity index (χ2n) is 6.31. The van der Waals surface area contributed by atoms with Crippen LogP contribution in [0.4, 0.5) is 0 Å². The van der Waals surface area contributed by atoms with E-state index in [4.69, 9.17) is 9.26 Å². The molecule has 3 rings (SSSR count). The number of carbonyl (C=O) groups is 1. The van der Waals surface area contributed by atoms with Gasteiger partial charge in [0.1, 0.15) is 5.75 Å². The van der Waals surface area contributed by atoms with Crippen molar-refractivity contribution in [3.05, 3.63) is 41.5 Å². The molecule has 2 aromatic rings. The van der Waals surface area contributed by atoms with E-state index in [0.717, 1.165) is 0 Å². The highest BCUT2D eigenvalue weighted by Gasteiger charge is 2.36. The molecule has 1 saturated carbocycles. The number of rotatable bonds is 6. The first-order valence-electron chi connectivity index (χ1n) is 8.56. The molecule has 0 bridgehead atoms. The molecule has 2 N–H and O–H groups in total. The van der Waals surface area contributed by atoms with Gasteiger partial charge in [-0.15, -0.1) is 0 Å². The summed E-state index contributed by atoms with van der Waals surface area (Å²) in [6.45, 7) is 4.54. The Morgan fingerprint density at radius 2 is 2.20 bits per heavy atom. The largest absolute Gasteiger partial charge is 0.493 e. The smallest absolute Gasteiger partial charge is 0.255 e. The maximum Gasteiger partial charge on any atom is 0.255 e. The van der Waals surface area contributed by atoms with Crippen molar-refractivity contribution >= 4 is 5.91 Å². The Kier molecular flexibility index (Phi) is 5.33. The average Bonchev–Trinajstić information content (AvgIpc) is 3.19. The summed E-state index contributed by atoms with van der Waals surface area (Å²) in [6, 6.07) is 7.14. The summed E-state index contributed by atoms with van der Waals surface area (Å²) in [7, 11) is 0. The molecule has 0 saturated heterocycles. The number of aliphatic hydroxyl groups excluding tert-OH is 1. The Morgan fingerprint density at radius 3 is 2.92 bits per heavy atom. The summed E-state index contributed by atoms with van der Waals surface area (Å²) >= 11 is 0. The number of hydrogen-bond donors (Lipinski definition) is 2.